The Labute approximate surface area is 244 Å². The van der Waals surface area contributed by atoms with E-state index in [0.717, 1.165) is 11.1 Å². The third-order valence-corrected chi connectivity index (χ3v) is 6.25. The number of imide groups is 1. The average Bonchev–Trinajstić information content (AvgIpc) is 3.28. The molecular formula is C29H38N2O11. The van der Waals surface area contributed by atoms with Crippen molar-refractivity contribution in [1.82, 2.24) is 10.2 Å². The van der Waals surface area contributed by atoms with Crippen molar-refractivity contribution in [3.05, 3.63) is 34.9 Å². The fourth-order valence-electron chi connectivity index (χ4n) is 4.17. The van der Waals surface area contributed by atoms with Gasteiger partial charge in [0, 0.05) is 24.1 Å². The van der Waals surface area contributed by atoms with Gasteiger partial charge in [-0.3, -0.25) is 24.5 Å². The Kier molecular flexibility index (Phi) is 14.9. The van der Waals surface area contributed by atoms with Crippen LogP contribution < -0.4 is 5.32 Å². The first kappa shape index (κ1) is 33.1. The first-order valence-electron chi connectivity index (χ1n) is 13.9. The second kappa shape index (κ2) is 18.9. The summed E-state index contributed by atoms with van der Waals surface area (Å²) in [7, 11) is 0. The lowest BCUT2D eigenvalue weighted by Gasteiger charge is -2.29. The van der Waals surface area contributed by atoms with Crippen molar-refractivity contribution >= 4 is 23.7 Å². The summed E-state index contributed by atoms with van der Waals surface area (Å²) in [6, 6.07) is 4.70. The summed E-state index contributed by atoms with van der Waals surface area (Å²) in [6.45, 7) is 4.89. The third kappa shape index (κ3) is 11.8. The zero-order chi connectivity index (χ0) is 30.0. The van der Waals surface area contributed by atoms with Crippen LogP contribution in [0.15, 0.2) is 18.2 Å². The number of aliphatic carboxylic acids is 1. The van der Waals surface area contributed by atoms with Gasteiger partial charge in [-0.2, -0.15) is 0 Å². The lowest BCUT2D eigenvalue weighted by Crippen LogP contribution is -2.52. The van der Waals surface area contributed by atoms with Crippen LogP contribution in [0.5, 0.6) is 0 Å². The number of carbonyl (C=O) groups is 4. The molecule has 2 heterocycles. The molecule has 1 unspecified atom stereocenters. The highest BCUT2D eigenvalue weighted by atomic mass is 16.6. The van der Waals surface area contributed by atoms with Gasteiger partial charge in [-0.15, -0.1) is 0 Å². The molecule has 2 aliphatic rings. The van der Waals surface area contributed by atoms with Crippen molar-refractivity contribution in [2.75, 3.05) is 79.3 Å². The Morgan fingerprint density at radius 2 is 1.43 bits per heavy atom. The topological polar surface area (TPSA) is 159 Å². The first-order valence-corrected chi connectivity index (χ1v) is 13.9. The lowest BCUT2D eigenvalue weighted by atomic mass is 10.0. The largest absolute Gasteiger partial charge is 0.481 e. The van der Waals surface area contributed by atoms with Gasteiger partial charge in [0.15, 0.2) is 0 Å². The maximum Gasteiger partial charge on any atom is 0.305 e. The number of benzene rings is 1. The predicted octanol–water partition coefficient (Wildman–Crippen LogP) is 0.373. The molecule has 13 nitrogen and oxygen atoms in total. The molecular weight excluding hydrogens is 552 g/mol. The minimum absolute atomic E-state index is 0.0148. The van der Waals surface area contributed by atoms with Crippen LogP contribution in [0.2, 0.25) is 0 Å². The number of nitrogens with one attached hydrogen (secondary N) is 1. The van der Waals surface area contributed by atoms with Gasteiger partial charge in [0.2, 0.25) is 11.8 Å². The van der Waals surface area contributed by atoms with Gasteiger partial charge in [-0.25, -0.2) is 0 Å². The molecule has 13 heteroatoms. The second-order valence-electron chi connectivity index (χ2n) is 9.33. The van der Waals surface area contributed by atoms with E-state index in [1.54, 1.807) is 12.1 Å². The molecule has 3 rings (SSSR count). The van der Waals surface area contributed by atoms with E-state index in [1.165, 1.54) is 4.90 Å². The van der Waals surface area contributed by atoms with Gasteiger partial charge in [0.1, 0.15) is 12.6 Å². The van der Waals surface area contributed by atoms with Gasteiger partial charge in [0.25, 0.3) is 5.91 Å². The van der Waals surface area contributed by atoms with E-state index in [-0.39, 0.29) is 37.9 Å². The number of piperidine rings is 1. The lowest BCUT2D eigenvalue weighted by molar-refractivity contribution is -0.139. The molecule has 1 aromatic carbocycles. The normalized spacial score (nSPS) is 16.2. The van der Waals surface area contributed by atoms with Crippen LogP contribution in [0, 0.1) is 11.8 Å². The number of hydrogen-bond acceptors (Lipinski definition) is 10. The van der Waals surface area contributed by atoms with Crippen LogP contribution in [-0.2, 0) is 49.3 Å². The maximum absolute atomic E-state index is 12.8. The fraction of sp³-hybridized carbons (Fsp3) is 0.586. The van der Waals surface area contributed by atoms with Crippen molar-refractivity contribution in [2.24, 2.45) is 0 Å². The molecule has 0 radical (unpaired) electrons. The monoisotopic (exact) mass is 590 g/mol. The SMILES string of the molecule is O=C(O)CCOCCOCCOCCOCCOCCOCC#Cc1ccc2c(c1)CN(C1CCC(=O)NC1=O)C2=O. The van der Waals surface area contributed by atoms with Crippen molar-refractivity contribution in [3.63, 3.8) is 0 Å². The Balaban J connectivity index is 1.14. The molecule has 230 valence electrons. The van der Waals surface area contributed by atoms with E-state index in [4.69, 9.17) is 33.5 Å². The summed E-state index contributed by atoms with van der Waals surface area (Å²) in [5, 5.41) is 10.8. The fourth-order valence-corrected chi connectivity index (χ4v) is 4.17. The smallest absolute Gasteiger partial charge is 0.305 e. The van der Waals surface area contributed by atoms with Gasteiger partial charge in [-0.1, -0.05) is 11.8 Å². The number of fused-ring (bicyclic) bond motifs is 1. The van der Waals surface area contributed by atoms with Crippen LogP contribution >= 0.6 is 0 Å². The Morgan fingerprint density at radius 1 is 0.857 bits per heavy atom. The van der Waals surface area contributed by atoms with E-state index < -0.39 is 17.9 Å². The Hall–Kier alpha value is -3.38. The molecule has 0 saturated carbocycles. The Morgan fingerprint density at radius 3 is 2.00 bits per heavy atom. The van der Waals surface area contributed by atoms with Crippen LogP contribution in [-0.4, -0.2) is 119 Å². The number of ether oxygens (including phenoxy) is 6. The third-order valence-electron chi connectivity index (χ3n) is 6.25. The molecule has 1 atom stereocenters. The van der Waals surface area contributed by atoms with Crippen molar-refractivity contribution < 1.29 is 52.7 Å². The summed E-state index contributed by atoms with van der Waals surface area (Å²) in [5.41, 5.74) is 2.11. The minimum Gasteiger partial charge on any atom is -0.481 e. The van der Waals surface area contributed by atoms with E-state index >= 15 is 0 Å². The predicted molar refractivity (Wildman–Crippen MR) is 147 cm³/mol. The molecule has 3 amide bonds. The van der Waals surface area contributed by atoms with E-state index in [1.807, 2.05) is 6.07 Å². The maximum atomic E-state index is 12.8. The summed E-state index contributed by atoms with van der Waals surface area (Å²) < 4.78 is 32.2. The molecule has 0 spiro atoms. The molecule has 0 aliphatic carbocycles. The highest BCUT2D eigenvalue weighted by molar-refractivity contribution is 6.05. The number of hydrogen-bond donors (Lipinski definition) is 2. The Bertz CT molecular complexity index is 1110. The van der Waals surface area contributed by atoms with Crippen molar-refractivity contribution in [2.45, 2.75) is 31.8 Å². The average molecular weight is 591 g/mol. The molecule has 1 fully saturated rings. The summed E-state index contributed by atoms with van der Waals surface area (Å²) >= 11 is 0. The highest BCUT2D eigenvalue weighted by Crippen LogP contribution is 2.28. The molecule has 0 aromatic heterocycles. The molecule has 0 bridgehead atoms. The molecule has 1 aromatic rings. The number of rotatable bonds is 20. The highest BCUT2D eigenvalue weighted by Gasteiger charge is 2.38. The van der Waals surface area contributed by atoms with Crippen molar-refractivity contribution in [3.8, 4) is 11.8 Å². The van der Waals surface area contributed by atoms with E-state index in [0.29, 0.717) is 84.6 Å². The zero-order valence-corrected chi connectivity index (χ0v) is 23.6. The molecule has 2 N–H and O–H groups in total. The van der Waals surface area contributed by atoms with Crippen LogP contribution in [0.4, 0.5) is 0 Å². The number of carboxylic acids is 1. The summed E-state index contributed by atoms with van der Waals surface area (Å²) in [5.74, 6) is 4.14. The second-order valence-corrected chi connectivity index (χ2v) is 9.33. The summed E-state index contributed by atoms with van der Waals surface area (Å²) in [6.07, 6.45) is 0.535. The van der Waals surface area contributed by atoms with Gasteiger partial charge in [-0.05, 0) is 30.2 Å². The first-order chi connectivity index (χ1) is 20.5. The number of carboxylic acid groups (broad SMARTS) is 1. The number of nitrogens with zero attached hydrogens (tertiary/aromatic N) is 1. The number of carbonyl (C=O) groups excluding carboxylic acids is 3. The van der Waals surface area contributed by atoms with E-state index in [9.17, 15) is 19.2 Å². The van der Waals surface area contributed by atoms with Gasteiger partial charge in [0.05, 0.1) is 79.1 Å². The molecule has 42 heavy (non-hydrogen) atoms. The van der Waals surface area contributed by atoms with Crippen LogP contribution in [0.3, 0.4) is 0 Å². The molecule has 1 saturated heterocycles. The van der Waals surface area contributed by atoms with Gasteiger partial charge >= 0.3 is 5.97 Å². The standard InChI is InChI=1S/C29H38N2O11/c32-26-6-5-25(28(35)30-26)31-21-23-20-22(3-4-24(23)29(31)36)2-1-8-37-10-12-39-14-16-41-18-19-42-17-15-40-13-11-38-9-7-27(33)34/h3-4,20,25H,5-19,21H2,(H,33,34)(H,30,32,35). The van der Waals surface area contributed by atoms with E-state index in [2.05, 4.69) is 17.2 Å². The summed E-state index contributed by atoms with van der Waals surface area (Å²) in [4.78, 5) is 48.2. The van der Waals surface area contributed by atoms with Crippen LogP contribution in [0.1, 0.15) is 40.7 Å². The van der Waals surface area contributed by atoms with Crippen LogP contribution in [0.25, 0.3) is 0 Å². The minimum atomic E-state index is -0.885. The van der Waals surface area contributed by atoms with Crippen molar-refractivity contribution in [1.29, 1.82) is 0 Å². The van der Waals surface area contributed by atoms with Gasteiger partial charge < -0.3 is 38.4 Å². The molecule has 2 aliphatic heterocycles. The number of amides is 3. The zero-order valence-electron chi connectivity index (χ0n) is 23.6. The quantitative estimate of drug-likeness (QED) is 0.123.